The predicted molar refractivity (Wildman–Crippen MR) is 97.7 cm³/mol. The molecule has 0 heterocycles. The van der Waals surface area contributed by atoms with E-state index in [0.717, 1.165) is 11.3 Å². The van der Waals surface area contributed by atoms with Crippen LogP contribution in [0.3, 0.4) is 0 Å². The van der Waals surface area contributed by atoms with Crippen LogP contribution in [-0.4, -0.2) is 5.11 Å². The van der Waals surface area contributed by atoms with Gasteiger partial charge in [-0.15, -0.1) is 0 Å². The Hall–Kier alpha value is -2.65. The summed E-state index contributed by atoms with van der Waals surface area (Å²) in [5.41, 5.74) is 11.2. The highest BCUT2D eigenvalue weighted by atomic mass is 32.1. The fourth-order valence-corrected chi connectivity index (χ4v) is 2.49. The molecule has 0 aliphatic carbocycles. The zero-order valence-corrected chi connectivity index (χ0v) is 12.8. The largest absolute Gasteiger partial charge is 0.376 e. The van der Waals surface area contributed by atoms with Crippen LogP contribution in [-0.2, 0) is 0 Å². The Balaban J connectivity index is 1.82. The van der Waals surface area contributed by atoms with Crippen molar-refractivity contribution in [1.29, 1.82) is 0 Å². The molecule has 0 aliphatic rings. The van der Waals surface area contributed by atoms with Gasteiger partial charge in [0.25, 0.3) is 0 Å². The van der Waals surface area contributed by atoms with Crippen LogP contribution >= 0.6 is 12.2 Å². The molecule has 3 N–H and O–H groups in total. The fourth-order valence-electron chi connectivity index (χ4n) is 2.37. The van der Waals surface area contributed by atoms with Crippen molar-refractivity contribution >= 4 is 23.0 Å². The van der Waals surface area contributed by atoms with Gasteiger partial charge in [-0.1, -0.05) is 66.7 Å². The maximum atomic E-state index is 5.47. The van der Waals surface area contributed by atoms with Gasteiger partial charge in [0, 0.05) is 5.69 Å². The van der Waals surface area contributed by atoms with E-state index in [9.17, 15) is 0 Å². The third-order valence-electron chi connectivity index (χ3n) is 3.48. The van der Waals surface area contributed by atoms with Crippen LogP contribution in [0.5, 0.6) is 0 Å². The molecular formula is C19H16N2S. The van der Waals surface area contributed by atoms with Gasteiger partial charge in [0.1, 0.15) is 0 Å². The number of hydrogen-bond acceptors (Lipinski definition) is 1. The Labute approximate surface area is 135 Å². The molecule has 3 aromatic carbocycles. The minimum atomic E-state index is 0.278. The molecule has 2 nitrogen and oxygen atoms in total. The molecule has 0 aliphatic heterocycles. The molecule has 22 heavy (non-hydrogen) atoms. The van der Waals surface area contributed by atoms with E-state index < -0.39 is 0 Å². The van der Waals surface area contributed by atoms with Gasteiger partial charge in [-0.05, 0) is 46.6 Å². The minimum Gasteiger partial charge on any atom is -0.376 e. The molecule has 0 saturated carbocycles. The molecule has 0 unspecified atom stereocenters. The Morgan fingerprint density at radius 1 is 0.636 bits per heavy atom. The third kappa shape index (κ3) is 3.32. The van der Waals surface area contributed by atoms with E-state index in [-0.39, 0.29) is 5.11 Å². The number of nitrogens with one attached hydrogen (secondary N) is 1. The Kier molecular flexibility index (Phi) is 4.17. The van der Waals surface area contributed by atoms with Crippen molar-refractivity contribution in [2.75, 3.05) is 5.32 Å². The number of nitrogens with two attached hydrogens (primary N) is 1. The van der Waals surface area contributed by atoms with Gasteiger partial charge in [-0.2, -0.15) is 0 Å². The van der Waals surface area contributed by atoms with Crippen molar-refractivity contribution in [3.8, 4) is 22.3 Å². The maximum Gasteiger partial charge on any atom is 0.168 e. The first-order valence-electron chi connectivity index (χ1n) is 7.05. The van der Waals surface area contributed by atoms with Gasteiger partial charge in [-0.3, -0.25) is 0 Å². The molecule has 108 valence electrons. The average molecular weight is 304 g/mol. The lowest BCUT2D eigenvalue weighted by molar-refractivity contribution is 1.57. The molecule has 0 amide bonds. The molecule has 3 heteroatoms. The van der Waals surface area contributed by atoms with E-state index in [1.807, 2.05) is 18.2 Å². The molecule has 0 atom stereocenters. The summed E-state index contributed by atoms with van der Waals surface area (Å²) in [6.45, 7) is 0. The SMILES string of the molecule is NC(=S)Nc1ccc(-c2ccc(-c3ccccc3)cc2)cc1. The normalized spacial score (nSPS) is 10.2. The Bertz CT molecular complexity index is 763. The smallest absolute Gasteiger partial charge is 0.168 e. The monoisotopic (exact) mass is 304 g/mol. The summed E-state index contributed by atoms with van der Waals surface area (Å²) in [6.07, 6.45) is 0. The average Bonchev–Trinajstić information content (AvgIpc) is 2.56. The number of anilines is 1. The third-order valence-corrected chi connectivity index (χ3v) is 3.58. The van der Waals surface area contributed by atoms with Crippen molar-refractivity contribution in [1.82, 2.24) is 0 Å². The van der Waals surface area contributed by atoms with Gasteiger partial charge in [0.15, 0.2) is 5.11 Å². The maximum absolute atomic E-state index is 5.47. The van der Waals surface area contributed by atoms with Crippen LogP contribution in [0.2, 0.25) is 0 Å². The first kappa shape index (κ1) is 14.3. The summed E-state index contributed by atoms with van der Waals surface area (Å²) in [4.78, 5) is 0. The van der Waals surface area contributed by atoms with Gasteiger partial charge in [-0.25, -0.2) is 0 Å². The second-order valence-corrected chi connectivity index (χ2v) is 5.45. The topological polar surface area (TPSA) is 38.0 Å². The Morgan fingerprint density at radius 2 is 1.05 bits per heavy atom. The first-order chi connectivity index (χ1) is 10.7. The highest BCUT2D eigenvalue weighted by Crippen LogP contribution is 2.25. The number of hydrogen-bond donors (Lipinski definition) is 2. The standard InChI is InChI=1S/C19H16N2S/c20-19(22)21-18-12-10-17(11-13-18)16-8-6-15(7-9-16)14-4-2-1-3-5-14/h1-13H,(H3,20,21,22). The van der Waals surface area contributed by atoms with E-state index in [2.05, 4.69) is 66.0 Å². The minimum absolute atomic E-state index is 0.278. The number of benzene rings is 3. The van der Waals surface area contributed by atoms with Crippen LogP contribution in [0.25, 0.3) is 22.3 Å². The molecule has 3 aromatic rings. The fraction of sp³-hybridized carbons (Fsp3) is 0. The van der Waals surface area contributed by atoms with E-state index >= 15 is 0 Å². The lowest BCUT2D eigenvalue weighted by Crippen LogP contribution is -2.18. The quantitative estimate of drug-likeness (QED) is 0.690. The predicted octanol–water partition coefficient (Wildman–Crippen LogP) is 4.68. The summed E-state index contributed by atoms with van der Waals surface area (Å²) in [5, 5.41) is 3.20. The van der Waals surface area contributed by atoms with Gasteiger partial charge in [0.2, 0.25) is 0 Å². The van der Waals surface area contributed by atoms with Crippen LogP contribution < -0.4 is 11.1 Å². The van der Waals surface area contributed by atoms with Crippen molar-refractivity contribution in [3.05, 3.63) is 78.9 Å². The summed E-state index contributed by atoms with van der Waals surface area (Å²) in [7, 11) is 0. The zero-order valence-electron chi connectivity index (χ0n) is 12.0. The first-order valence-corrected chi connectivity index (χ1v) is 7.45. The number of thiocarbonyl (C=S) groups is 1. The summed E-state index contributed by atoms with van der Waals surface area (Å²) in [6, 6.07) is 27.0. The van der Waals surface area contributed by atoms with Gasteiger partial charge < -0.3 is 11.1 Å². The second-order valence-electron chi connectivity index (χ2n) is 5.01. The molecule has 0 saturated heterocycles. The molecular weight excluding hydrogens is 288 g/mol. The lowest BCUT2D eigenvalue weighted by atomic mass is 10.0. The molecule has 0 aromatic heterocycles. The zero-order chi connectivity index (χ0) is 15.4. The van der Waals surface area contributed by atoms with Crippen molar-refractivity contribution in [2.24, 2.45) is 5.73 Å². The van der Waals surface area contributed by atoms with Gasteiger partial charge >= 0.3 is 0 Å². The summed E-state index contributed by atoms with van der Waals surface area (Å²) in [5.74, 6) is 0. The highest BCUT2D eigenvalue weighted by molar-refractivity contribution is 7.80. The molecule has 0 fully saturated rings. The van der Waals surface area contributed by atoms with Crippen molar-refractivity contribution in [3.63, 3.8) is 0 Å². The van der Waals surface area contributed by atoms with E-state index in [1.165, 1.54) is 16.7 Å². The van der Waals surface area contributed by atoms with Crippen molar-refractivity contribution in [2.45, 2.75) is 0 Å². The number of rotatable bonds is 3. The molecule has 0 bridgehead atoms. The highest BCUT2D eigenvalue weighted by Gasteiger charge is 2.01. The second kappa shape index (κ2) is 6.41. The molecule has 0 radical (unpaired) electrons. The van der Waals surface area contributed by atoms with Gasteiger partial charge in [0.05, 0.1) is 0 Å². The lowest BCUT2D eigenvalue weighted by Gasteiger charge is -2.07. The van der Waals surface area contributed by atoms with Crippen LogP contribution in [0.1, 0.15) is 0 Å². The summed E-state index contributed by atoms with van der Waals surface area (Å²) < 4.78 is 0. The summed E-state index contributed by atoms with van der Waals surface area (Å²) >= 11 is 4.83. The van der Waals surface area contributed by atoms with Crippen molar-refractivity contribution < 1.29 is 0 Å². The van der Waals surface area contributed by atoms with E-state index in [1.54, 1.807) is 0 Å². The van der Waals surface area contributed by atoms with Crippen LogP contribution in [0, 0.1) is 0 Å². The Morgan fingerprint density at radius 3 is 1.50 bits per heavy atom. The van der Waals surface area contributed by atoms with E-state index in [0.29, 0.717) is 0 Å². The van der Waals surface area contributed by atoms with E-state index in [4.69, 9.17) is 18.0 Å². The molecule has 3 rings (SSSR count). The van der Waals surface area contributed by atoms with Crippen LogP contribution in [0.4, 0.5) is 5.69 Å². The van der Waals surface area contributed by atoms with Crippen LogP contribution in [0.15, 0.2) is 78.9 Å². The molecule has 0 spiro atoms.